The highest BCUT2D eigenvalue weighted by molar-refractivity contribution is 6.10. The SMILES string of the molecule is c1ccc(-n2c3ccccc3c3cc(-c4cccc(-c5ccc(N6c7ccccc7C(c7ccccc7)(c7ccc8c(c7)oc7ccccc78)c7ccccc76)cc5)c4)ccc32)cc1. The second kappa shape index (κ2) is 14.3. The van der Waals surface area contributed by atoms with E-state index >= 15 is 0 Å². The first kappa shape index (κ1) is 36.3. The Kier molecular flexibility index (Phi) is 8.13. The number of benzene rings is 10. The van der Waals surface area contributed by atoms with Crippen LogP contribution in [0.15, 0.2) is 247 Å². The molecule has 0 amide bonds. The molecule has 3 heterocycles. The zero-order chi connectivity index (χ0) is 42.2. The van der Waals surface area contributed by atoms with Gasteiger partial charge in [0, 0.05) is 32.9 Å². The lowest BCUT2D eigenvalue weighted by Crippen LogP contribution is -2.37. The number of furan rings is 1. The van der Waals surface area contributed by atoms with Crippen molar-refractivity contribution < 1.29 is 4.42 Å². The van der Waals surface area contributed by atoms with Crippen LogP contribution in [0.2, 0.25) is 0 Å². The Morgan fingerprint density at radius 2 is 0.891 bits per heavy atom. The number of anilines is 3. The van der Waals surface area contributed by atoms with Crippen molar-refractivity contribution in [1.82, 2.24) is 4.57 Å². The first-order valence-electron chi connectivity index (χ1n) is 22.0. The van der Waals surface area contributed by atoms with Crippen LogP contribution in [0.1, 0.15) is 22.3 Å². The molecule has 0 saturated heterocycles. The highest BCUT2D eigenvalue weighted by Crippen LogP contribution is 2.58. The number of aromatic nitrogens is 1. The molecule has 0 atom stereocenters. The van der Waals surface area contributed by atoms with Crippen LogP contribution in [-0.4, -0.2) is 4.57 Å². The fourth-order valence-corrected chi connectivity index (χ4v) is 10.6. The highest BCUT2D eigenvalue weighted by atomic mass is 16.3. The van der Waals surface area contributed by atoms with Crippen molar-refractivity contribution in [2.45, 2.75) is 5.41 Å². The van der Waals surface area contributed by atoms with Gasteiger partial charge in [0.05, 0.1) is 27.8 Å². The zero-order valence-electron chi connectivity index (χ0n) is 34.9. The lowest BCUT2D eigenvalue weighted by Gasteiger charge is -2.46. The third-order valence-corrected chi connectivity index (χ3v) is 13.5. The maximum Gasteiger partial charge on any atom is 0.135 e. The molecule has 0 N–H and O–H groups in total. The monoisotopic (exact) mass is 816 g/mol. The van der Waals surface area contributed by atoms with E-state index in [1.165, 1.54) is 72.0 Å². The first-order valence-corrected chi connectivity index (χ1v) is 22.0. The number of nitrogens with zero attached hydrogens (tertiary/aromatic N) is 2. The molecule has 0 unspecified atom stereocenters. The van der Waals surface area contributed by atoms with Crippen LogP contribution in [-0.2, 0) is 5.41 Å². The summed E-state index contributed by atoms with van der Waals surface area (Å²) in [5, 5.41) is 4.76. The van der Waals surface area contributed by atoms with Gasteiger partial charge < -0.3 is 13.9 Å². The quantitative estimate of drug-likeness (QED) is 0.167. The van der Waals surface area contributed by atoms with Crippen molar-refractivity contribution in [3.8, 4) is 27.9 Å². The maximum absolute atomic E-state index is 6.55. The van der Waals surface area contributed by atoms with Gasteiger partial charge in [-0.2, -0.15) is 0 Å². The van der Waals surface area contributed by atoms with Crippen molar-refractivity contribution in [3.05, 3.63) is 265 Å². The zero-order valence-corrected chi connectivity index (χ0v) is 34.9. The molecule has 0 spiro atoms. The van der Waals surface area contributed by atoms with Crippen LogP contribution in [0.5, 0.6) is 0 Å². The van der Waals surface area contributed by atoms with Gasteiger partial charge in [0.25, 0.3) is 0 Å². The molecular weight excluding hydrogens is 777 g/mol. The predicted octanol–water partition coefficient (Wildman–Crippen LogP) is 16.2. The van der Waals surface area contributed by atoms with E-state index in [9.17, 15) is 0 Å². The normalized spacial score (nSPS) is 13.1. The molecule has 0 aliphatic carbocycles. The molecular formula is C61H40N2O. The van der Waals surface area contributed by atoms with Crippen molar-refractivity contribution in [2.24, 2.45) is 0 Å². The van der Waals surface area contributed by atoms with Crippen LogP contribution in [0.4, 0.5) is 17.1 Å². The van der Waals surface area contributed by atoms with E-state index in [1.807, 2.05) is 6.07 Å². The van der Waals surface area contributed by atoms with Gasteiger partial charge in [0.1, 0.15) is 11.2 Å². The largest absolute Gasteiger partial charge is 0.456 e. The van der Waals surface area contributed by atoms with Crippen molar-refractivity contribution in [3.63, 3.8) is 0 Å². The molecule has 64 heavy (non-hydrogen) atoms. The Balaban J connectivity index is 0.910. The summed E-state index contributed by atoms with van der Waals surface area (Å²) in [7, 11) is 0. The number of hydrogen-bond acceptors (Lipinski definition) is 2. The van der Waals surface area contributed by atoms with E-state index in [1.54, 1.807) is 0 Å². The van der Waals surface area contributed by atoms with Crippen LogP contribution < -0.4 is 4.90 Å². The fourth-order valence-electron chi connectivity index (χ4n) is 10.6. The topological polar surface area (TPSA) is 21.3 Å². The summed E-state index contributed by atoms with van der Waals surface area (Å²) >= 11 is 0. The third kappa shape index (κ3) is 5.41. The van der Waals surface area contributed by atoms with Gasteiger partial charge in [0.15, 0.2) is 0 Å². The smallest absolute Gasteiger partial charge is 0.135 e. The second-order valence-corrected chi connectivity index (χ2v) is 16.8. The van der Waals surface area contributed by atoms with Crippen molar-refractivity contribution >= 4 is 60.8 Å². The molecule has 1 aliphatic rings. The lowest BCUT2D eigenvalue weighted by molar-refractivity contribution is 0.664. The summed E-state index contributed by atoms with van der Waals surface area (Å²) in [6.07, 6.45) is 0. The molecule has 3 nitrogen and oxygen atoms in total. The molecule has 0 radical (unpaired) electrons. The molecule has 1 aliphatic heterocycles. The summed E-state index contributed by atoms with van der Waals surface area (Å²) < 4.78 is 8.92. The van der Waals surface area contributed by atoms with Crippen molar-refractivity contribution in [1.29, 1.82) is 0 Å². The van der Waals surface area contributed by atoms with E-state index in [2.05, 4.69) is 246 Å². The predicted molar refractivity (Wildman–Crippen MR) is 265 cm³/mol. The number of rotatable bonds is 6. The Morgan fingerprint density at radius 1 is 0.312 bits per heavy atom. The number of fused-ring (bicyclic) bond motifs is 8. The molecule has 0 bridgehead atoms. The summed E-state index contributed by atoms with van der Waals surface area (Å²) in [5.41, 5.74) is 17.7. The summed E-state index contributed by atoms with van der Waals surface area (Å²) in [5.74, 6) is 0. The van der Waals surface area contributed by atoms with Crippen molar-refractivity contribution in [2.75, 3.05) is 4.90 Å². The maximum atomic E-state index is 6.55. The highest BCUT2D eigenvalue weighted by Gasteiger charge is 2.46. The van der Waals surface area contributed by atoms with Gasteiger partial charge in [-0.25, -0.2) is 0 Å². The minimum absolute atomic E-state index is 0.613. The fraction of sp³-hybridized carbons (Fsp3) is 0.0164. The molecule has 0 saturated carbocycles. The molecule has 300 valence electrons. The van der Waals surface area contributed by atoms with Crippen LogP contribution in [0.25, 0.3) is 71.7 Å². The molecule has 0 fully saturated rings. The van der Waals surface area contributed by atoms with Gasteiger partial charge in [-0.3, -0.25) is 0 Å². The van der Waals surface area contributed by atoms with Gasteiger partial charge in [-0.15, -0.1) is 0 Å². The van der Waals surface area contributed by atoms with Gasteiger partial charge in [-0.05, 0) is 117 Å². The van der Waals surface area contributed by atoms with Crippen LogP contribution >= 0.6 is 0 Å². The van der Waals surface area contributed by atoms with E-state index in [0.717, 1.165) is 39.0 Å². The average molecular weight is 817 g/mol. The number of para-hydroxylation sites is 5. The Hall–Kier alpha value is -8.40. The number of hydrogen-bond donors (Lipinski definition) is 0. The molecule has 3 heteroatoms. The molecule has 2 aromatic heterocycles. The van der Waals surface area contributed by atoms with E-state index in [-0.39, 0.29) is 0 Å². The second-order valence-electron chi connectivity index (χ2n) is 16.8. The third-order valence-electron chi connectivity index (χ3n) is 13.5. The van der Waals surface area contributed by atoms with Gasteiger partial charge in [-0.1, -0.05) is 170 Å². The van der Waals surface area contributed by atoms with Crippen LogP contribution in [0.3, 0.4) is 0 Å². The van der Waals surface area contributed by atoms with Crippen LogP contribution in [0, 0.1) is 0 Å². The average Bonchev–Trinajstić information content (AvgIpc) is 3.91. The summed E-state index contributed by atoms with van der Waals surface area (Å²) in [6, 6.07) is 88.2. The molecule has 13 rings (SSSR count). The molecule has 10 aromatic carbocycles. The first-order chi connectivity index (χ1) is 31.7. The minimum atomic E-state index is -0.613. The van der Waals surface area contributed by atoms with Gasteiger partial charge in [0.2, 0.25) is 0 Å². The molecule has 12 aromatic rings. The van der Waals surface area contributed by atoms with E-state index in [4.69, 9.17) is 4.42 Å². The summed E-state index contributed by atoms with van der Waals surface area (Å²) in [4.78, 5) is 2.44. The van der Waals surface area contributed by atoms with Gasteiger partial charge >= 0.3 is 0 Å². The minimum Gasteiger partial charge on any atom is -0.456 e. The Labute approximate surface area is 371 Å². The summed E-state index contributed by atoms with van der Waals surface area (Å²) in [6.45, 7) is 0. The van der Waals surface area contributed by atoms with E-state index in [0.29, 0.717) is 0 Å². The Bertz CT molecular complexity index is 3680. The lowest BCUT2D eigenvalue weighted by atomic mass is 9.62. The Morgan fingerprint density at radius 3 is 1.66 bits per heavy atom. The standard InChI is InChI=1S/C61H40N2O/c1-3-18-45(19-4-1)61(46-33-36-51-50-23-8-14-29-59(50)64-60(51)40-46)53-24-9-12-27-57(53)63(58-28-13-10-25-54(58)61)48-34-30-41(31-35-48)42-16-15-17-43(38-42)44-32-37-56-52(39-44)49-22-7-11-26-55(49)62(56)47-20-5-2-6-21-47/h1-40H. The van der Waals surface area contributed by atoms with E-state index < -0.39 is 5.41 Å².